The number of aryl methyl sites for hydroxylation is 1. The molecule has 1 rings (SSSR count). The molecule has 1 heterocycles. The fraction of sp³-hybridized carbons (Fsp3) is 0.583. The summed E-state index contributed by atoms with van der Waals surface area (Å²) in [5, 5.41) is 0. The molecule has 0 aliphatic heterocycles. The van der Waals surface area contributed by atoms with E-state index in [2.05, 4.69) is 36.0 Å². The Kier molecular flexibility index (Phi) is 5.12. The summed E-state index contributed by atoms with van der Waals surface area (Å²) in [5.41, 5.74) is 6.65. The fourth-order valence-corrected chi connectivity index (χ4v) is 1.47. The molecule has 0 bridgehead atoms. The minimum Gasteiger partial charge on any atom is -0.360 e. The van der Waals surface area contributed by atoms with Gasteiger partial charge in [-0.15, -0.1) is 0 Å². The summed E-state index contributed by atoms with van der Waals surface area (Å²) in [6.45, 7) is 3.90. The van der Waals surface area contributed by atoms with E-state index in [1.807, 2.05) is 6.20 Å². The molecule has 0 saturated heterocycles. The van der Waals surface area contributed by atoms with E-state index in [1.54, 1.807) is 0 Å². The zero-order valence-corrected chi connectivity index (χ0v) is 9.74. The Morgan fingerprint density at radius 3 is 2.67 bits per heavy atom. The van der Waals surface area contributed by atoms with Crippen LogP contribution in [-0.4, -0.2) is 25.1 Å². The van der Waals surface area contributed by atoms with E-state index in [0.717, 1.165) is 25.3 Å². The normalized spacial score (nSPS) is 10.3. The van der Waals surface area contributed by atoms with Crippen LogP contribution in [0.3, 0.4) is 0 Å². The van der Waals surface area contributed by atoms with Gasteiger partial charge < -0.3 is 10.6 Å². The van der Waals surface area contributed by atoms with Crippen molar-refractivity contribution in [2.24, 2.45) is 5.73 Å². The third-order valence-corrected chi connectivity index (χ3v) is 2.48. The first-order valence-corrected chi connectivity index (χ1v) is 5.58. The van der Waals surface area contributed by atoms with Crippen LogP contribution in [0.5, 0.6) is 0 Å². The zero-order chi connectivity index (χ0) is 11.1. The summed E-state index contributed by atoms with van der Waals surface area (Å²) in [7, 11) is 2.08. The molecule has 0 aliphatic carbocycles. The Bertz CT molecular complexity index is 269. The second kappa shape index (κ2) is 6.40. The van der Waals surface area contributed by atoms with Crippen molar-refractivity contribution in [2.75, 3.05) is 25.0 Å². The highest BCUT2D eigenvalue weighted by atomic mass is 15.2. The molecule has 0 radical (unpaired) electrons. The molecular formula is C12H21N3. The number of unbranched alkanes of at least 4 members (excludes halogenated alkanes) is 2. The Labute approximate surface area is 92.3 Å². The van der Waals surface area contributed by atoms with Gasteiger partial charge >= 0.3 is 0 Å². The van der Waals surface area contributed by atoms with Crippen molar-refractivity contribution in [1.29, 1.82) is 0 Å². The van der Waals surface area contributed by atoms with Crippen molar-refractivity contribution in [1.82, 2.24) is 4.98 Å². The van der Waals surface area contributed by atoms with Crippen LogP contribution in [0.4, 0.5) is 5.82 Å². The third-order valence-electron chi connectivity index (χ3n) is 2.48. The highest BCUT2D eigenvalue weighted by molar-refractivity contribution is 5.37. The maximum Gasteiger partial charge on any atom is 0.128 e. The summed E-state index contributed by atoms with van der Waals surface area (Å²) < 4.78 is 0. The summed E-state index contributed by atoms with van der Waals surface area (Å²) in [6, 6.07) is 4.16. The first-order valence-electron chi connectivity index (χ1n) is 5.58. The number of nitrogens with two attached hydrogens (primary N) is 1. The largest absolute Gasteiger partial charge is 0.360 e. The van der Waals surface area contributed by atoms with Crippen LogP contribution in [0.2, 0.25) is 0 Å². The third kappa shape index (κ3) is 4.30. The van der Waals surface area contributed by atoms with E-state index in [1.165, 1.54) is 18.4 Å². The number of nitrogens with zero attached hydrogens (tertiary/aromatic N) is 2. The van der Waals surface area contributed by atoms with Gasteiger partial charge in [0.25, 0.3) is 0 Å². The highest BCUT2D eigenvalue weighted by Gasteiger charge is 2.00. The molecule has 0 unspecified atom stereocenters. The van der Waals surface area contributed by atoms with Gasteiger partial charge in [0.2, 0.25) is 0 Å². The first-order chi connectivity index (χ1) is 7.24. The summed E-state index contributed by atoms with van der Waals surface area (Å²) in [6.07, 6.45) is 5.41. The van der Waals surface area contributed by atoms with Crippen LogP contribution >= 0.6 is 0 Å². The van der Waals surface area contributed by atoms with Crippen LogP contribution in [0, 0.1) is 6.92 Å². The number of hydrogen-bond donors (Lipinski definition) is 1. The second-order valence-corrected chi connectivity index (χ2v) is 3.96. The molecule has 0 saturated carbocycles. The lowest BCUT2D eigenvalue weighted by Gasteiger charge is -2.17. The summed E-state index contributed by atoms with van der Waals surface area (Å²) in [4.78, 5) is 6.57. The molecule has 0 atom stereocenters. The molecule has 2 N–H and O–H groups in total. The molecule has 0 spiro atoms. The topological polar surface area (TPSA) is 42.1 Å². The molecule has 15 heavy (non-hydrogen) atoms. The van der Waals surface area contributed by atoms with Crippen molar-refractivity contribution >= 4 is 5.82 Å². The molecule has 0 aliphatic rings. The van der Waals surface area contributed by atoms with Crippen LogP contribution in [0.15, 0.2) is 18.3 Å². The monoisotopic (exact) mass is 207 g/mol. The van der Waals surface area contributed by atoms with E-state index >= 15 is 0 Å². The average molecular weight is 207 g/mol. The zero-order valence-electron chi connectivity index (χ0n) is 9.74. The number of rotatable bonds is 6. The van der Waals surface area contributed by atoms with Gasteiger partial charge in [-0.05, 0) is 37.9 Å². The molecule has 0 fully saturated rings. The van der Waals surface area contributed by atoms with Crippen LogP contribution in [0.25, 0.3) is 0 Å². The maximum absolute atomic E-state index is 5.45. The maximum atomic E-state index is 5.45. The molecule has 84 valence electrons. The second-order valence-electron chi connectivity index (χ2n) is 3.96. The first kappa shape index (κ1) is 12.0. The van der Waals surface area contributed by atoms with Gasteiger partial charge in [-0.1, -0.05) is 12.5 Å². The fourth-order valence-electron chi connectivity index (χ4n) is 1.47. The predicted octanol–water partition coefficient (Wildman–Crippen LogP) is 1.96. The lowest BCUT2D eigenvalue weighted by atomic mass is 10.2. The molecule has 1 aromatic rings. The standard InChI is InChI=1S/C12H21N3/c1-11-6-7-12(14-10-11)15(2)9-5-3-4-8-13/h6-7,10H,3-5,8-9,13H2,1-2H3. The van der Waals surface area contributed by atoms with Crippen molar-refractivity contribution < 1.29 is 0 Å². The molecule has 0 aromatic carbocycles. The lowest BCUT2D eigenvalue weighted by Crippen LogP contribution is -2.19. The smallest absolute Gasteiger partial charge is 0.128 e. The average Bonchev–Trinajstić information content (AvgIpc) is 2.25. The minimum absolute atomic E-state index is 0.798. The van der Waals surface area contributed by atoms with Crippen molar-refractivity contribution in [3.8, 4) is 0 Å². The van der Waals surface area contributed by atoms with Gasteiger partial charge in [0.1, 0.15) is 5.82 Å². The van der Waals surface area contributed by atoms with E-state index in [4.69, 9.17) is 5.73 Å². The van der Waals surface area contributed by atoms with Gasteiger partial charge in [-0.3, -0.25) is 0 Å². The van der Waals surface area contributed by atoms with Crippen LogP contribution in [0.1, 0.15) is 24.8 Å². The van der Waals surface area contributed by atoms with Gasteiger partial charge in [-0.25, -0.2) is 4.98 Å². The SMILES string of the molecule is Cc1ccc(N(C)CCCCCN)nc1. The van der Waals surface area contributed by atoms with Crippen molar-refractivity contribution in [2.45, 2.75) is 26.2 Å². The van der Waals surface area contributed by atoms with Crippen molar-refractivity contribution in [3.05, 3.63) is 23.9 Å². The summed E-state index contributed by atoms with van der Waals surface area (Å²) >= 11 is 0. The van der Waals surface area contributed by atoms with E-state index in [9.17, 15) is 0 Å². The van der Waals surface area contributed by atoms with Gasteiger partial charge in [0, 0.05) is 19.8 Å². The van der Waals surface area contributed by atoms with Gasteiger partial charge in [-0.2, -0.15) is 0 Å². The Morgan fingerprint density at radius 1 is 1.27 bits per heavy atom. The van der Waals surface area contributed by atoms with Crippen molar-refractivity contribution in [3.63, 3.8) is 0 Å². The molecule has 1 aromatic heterocycles. The lowest BCUT2D eigenvalue weighted by molar-refractivity contribution is 0.676. The van der Waals surface area contributed by atoms with Gasteiger partial charge in [0.15, 0.2) is 0 Å². The predicted molar refractivity (Wildman–Crippen MR) is 65.1 cm³/mol. The number of hydrogen-bond acceptors (Lipinski definition) is 3. The molecule has 0 amide bonds. The van der Waals surface area contributed by atoms with E-state index < -0.39 is 0 Å². The van der Waals surface area contributed by atoms with Gasteiger partial charge in [0.05, 0.1) is 0 Å². The Balaban J connectivity index is 2.33. The Hall–Kier alpha value is -1.09. The number of anilines is 1. The van der Waals surface area contributed by atoms with Crippen LogP contribution < -0.4 is 10.6 Å². The van der Waals surface area contributed by atoms with E-state index in [0.29, 0.717) is 0 Å². The van der Waals surface area contributed by atoms with Crippen LogP contribution in [-0.2, 0) is 0 Å². The summed E-state index contributed by atoms with van der Waals surface area (Å²) in [5.74, 6) is 1.05. The number of pyridine rings is 1. The van der Waals surface area contributed by atoms with E-state index in [-0.39, 0.29) is 0 Å². The molecule has 3 heteroatoms. The quantitative estimate of drug-likeness (QED) is 0.725. The molecule has 3 nitrogen and oxygen atoms in total. The highest BCUT2D eigenvalue weighted by Crippen LogP contribution is 2.09. The molecular weight excluding hydrogens is 186 g/mol. The minimum atomic E-state index is 0.798. The Morgan fingerprint density at radius 2 is 2.07 bits per heavy atom. The number of aromatic nitrogens is 1.